The summed E-state index contributed by atoms with van der Waals surface area (Å²) in [6.07, 6.45) is -0.287. The number of hydrogen-bond acceptors (Lipinski definition) is 10. The molecular formula is C26H29FN4O8. The lowest BCUT2D eigenvalue weighted by molar-refractivity contribution is -0.153. The summed E-state index contributed by atoms with van der Waals surface area (Å²) in [4.78, 5) is 53.8. The molecule has 1 saturated heterocycles. The monoisotopic (exact) mass is 544 g/mol. The highest BCUT2D eigenvalue weighted by molar-refractivity contribution is 6.24. The van der Waals surface area contributed by atoms with Crippen molar-refractivity contribution in [3.63, 3.8) is 0 Å². The third kappa shape index (κ3) is 3.83. The number of aliphatic hydroxyl groups excluding tert-OH is 2. The number of carbonyl (C=O) groups excluding carboxylic acids is 4. The number of carbonyl (C=O) groups is 4. The molecule has 7 N–H and O–H groups in total. The summed E-state index contributed by atoms with van der Waals surface area (Å²) in [6, 6.07) is -0.107. The topological polar surface area (TPSA) is 194 Å². The van der Waals surface area contributed by atoms with Crippen LogP contribution in [-0.4, -0.2) is 99.0 Å². The van der Waals surface area contributed by atoms with Gasteiger partial charge < -0.3 is 31.5 Å². The van der Waals surface area contributed by atoms with E-state index in [0.717, 1.165) is 6.07 Å². The van der Waals surface area contributed by atoms with Crippen molar-refractivity contribution in [3.05, 3.63) is 45.5 Å². The minimum atomic E-state index is -2.76. The van der Waals surface area contributed by atoms with E-state index < -0.39 is 69.6 Å². The van der Waals surface area contributed by atoms with Gasteiger partial charge in [0.1, 0.15) is 28.7 Å². The number of Topliss-reactive ketones (excluding diaryl/α,β-unsaturated/α-hetero) is 2. The second-order valence-electron chi connectivity index (χ2n) is 10.7. The van der Waals surface area contributed by atoms with Crippen LogP contribution < -0.4 is 11.1 Å². The third-order valence-corrected chi connectivity index (χ3v) is 8.24. The molecule has 0 unspecified atom stereocenters. The van der Waals surface area contributed by atoms with Crippen molar-refractivity contribution in [2.24, 2.45) is 17.6 Å². The van der Waals surface area contributed by atoms with Crippen molar-refractivity contribution in [1.82, 2.24) is 15.1 Å². The molecule has 5 rings (SSSR count). The molecule has 12 nitrogen and oxygen atoms in total. The SMILES string of the molecule is CN(C)[C@@H]1C(=O)C(C(N)=O)=C(O)[C@@]2(O)C(=O)C3=C(O)c4c(O)cc(CN5CCNC(=O)C5)c(F)c4C[C@H]3C[C@@H]12. The minimum absolute atomic E-state index is 0.0230. The number of phenols is 1. The number of nitrogens with zero attached hydrogens (tertiary/aromatic N) is 2. The maximum atomic E-state index is 15.8. The summed E-state index contributed by atoms with van der Waals surface area (Å²) in [7, 11) is 3.00. The first-order valence-corrected chi connectivity index (χ1v) is 12.5. The number of primary amides is 1. The van der Waals surface area contributed by atoms with Crippen molar-refractivity contribution >= 4 is 29.1 Å². The molecule has 4 aliphatic rings. The largest absolute Gasteiger partial charge is 0.508 e. The van der Waals surface area contributed by atoms with E-state index in [4.69, 9.17) is 5.73 Å². The summed E-state index contributed by atoms with van der Waals surface area (Å²) in [5.41, 5.74) is 1.04. The highest BCUT2D eigenvalue weighted by Crippen LogP contribution is 2.53. The van der Waals surface area contributed by atoms with Crippen molar-refractivity contribution in [3.8, 4) is 5.75 Å². The number of aliphatic hydroxyl groups is 3. The zero-order valence-electron chi connectivity index (χ0n) is 21.3. The maximum absolute atomic E-state index is 15.8. The van der Waals surface area contributed by atoms with Crippen LogP contribution in [0.5, 0.6) is 5.75 Å². The molecule has 3 aliphatic carbocycles. The van der Waals surface area contributed by atoms with Crippen LogP contribution in [0.3, 0.4) is 0 Å². The number of ketones is 2. The van der Waals surface area contributed by atoms with Crippen LogP contribution in [0.4, 0.5) is 4.39 Å². The Hall–Kier alpha value is -3.81. The van der Waals surface area contributed by atoms with Gasteiger partial charge in [0.15, 0.2) is 11.4 Å². The number of nitrogens with one attached hydrogen (secondary N) is 1. The van der Waals surface area contributed by atoms with E-state index in [0.29, 0.717) is 13.1 Å². The molecule has 0 radical (unpaired) electrons. The van der Waals surface area contributed by atoms with Gasteiger partial charge >= 0.3 is 0 Å². The Kier molecular flexibility index (Phi) is 6.28. The van der Waals surface area contributed by atoms with Gasteiger partial charge in [0.2, 0.25) is 11.7 Å². The first-order chi connectivity index (χ1) is 18.3. The predicted molar refractivity (Wildman–Crippen MR) is 132 cm³/mol. The van der Waals surface area contributed by atoms with Gasteiger partial charge in [0, 0.05) is 42.3 Å². The molecule has 1 aliphatic heterocycles. The van der Waals surface area contributed by atoms with Gasteiger partial charge in [-0.3, -0.25) is 29.0 Å². The molecule has 4 atom stereocenters. The van der Waals surface area contributed by atoms with Crippen molar-refractivity contribution in [2.75, 3.05) is 33.7 Å². The number of rotatable bonds is 4. The Morgan fingerprint density at radius 2 is 1.95 bits per heavy atom. The molecule has 39 heavy (non-hydrogen) atoms. The smallest absolute Gasteiger partial charge is 0.255 e. The molecule has 1 saturated carbocycles. The molecule has 2 fully saturated rings. The number of nitrogens with two attached hydrogens (primary N) is 1. The van der Waals surface area contributed by atoms with Gasteiger partial charge in [0.25, 0.3) is 5.91 Å². The molecule has 1 aromatic carbocycles. The molecule has 0 aromatic heterocycles. The molecule has 1 heterocycles. The highest BCUT2D eigenvalue weighted by Gasteiger charge is 2.64. The van der Waals surface area contributed by atoms with Gasteiger partial charge in [-0.2, -0.15) is 0 Å². The standard InChI is InChI=1S/C26H29FN4O8/c1-30(2)20-13-6-10-5-12-17(14(32)7-11(19(12)27)8-31-4-3-29-15(33)9-31)21(34)16(10)23(36)26(13,39)24(37)18(22(20)35)25(28)38/h7,10,13,20,32,34,37,39H,3-6,8-9H2,1-2H3,(H2,28,38)(H,29,33)/t10-,13-,20-,26-/m0/s1. The molecule has 2 amide bonds. The Labute approximate surface area is 222 Å². The van der Waals surface area contributed by atoms with Crippen LogP contribution >= 0.6 is 0 Å². The summed E-state index contributed by atoms with van der Waals surface area (Å²) in [6.45, 7) is 0.937. The number of aromatic hydroxyl groups is 1. The van der Waals surface area contributed by atoms with E-state index in [-0.39, 0.29) is 54.1 Å². The van der Waals surface area contributed by atoms with Crippen molar-refractivity contribution in [1.29, 1.82) is 0 Å². The van der Waals surface area contributed by atoms with E-state index in [2.05, 4.69) is 5.32 Å². The van der Waals surface area contributed by atoms with Crippen LogP contribution in [0.25, 0.3) is 5.76 Å². The number of halogens is 1. The van der Waals surface area contributed by atoms with Crippen LogP contribution in [-0.2, 0) is 32.1 Å². The van der Waals surface area contributed by atoms with Crippen LogP contribution in [0, 0.1) is 17.7 Å². The average Bonchev–Trinajstić information content (AvgIpc) is 2.84. The van der Waals surface area contributed by atoms with Gasteiger partial charge in [-0.25, -0.2) is 4.39 Å². The van der Waals surface area contributed by atoms with Gasteiger partial charge in [0.05, 0.1) is 18.2 Å². The maximum Gasteiger partial charge on any atom is 0.255 e. The zero-order valence-corrected chi connectivity index (χ0v) is 21.3. The number of phenolic OH excluding ortho intramolecular Hbond substituents is 1. The summed E-state index contributed by atoms with van der Waals surface area (Å²) >= 11 is 0. The average molecular weight is 545 g/mol. The molecular weight excluding hydrogens is 515 g/mol. The number of likely N-dealkylation sites (N-methyl/N-ethyl adjacent to an activating group) is 1. The zero-order chi connectivity index (χ0) is 28.5. The fraction of sp³-hybridized carbons (Fsp3) is 0.462. The Balaban J connectivity index is 1.63. The predicted octanol–water partition coefficient (Wildman–Crippen LogP) is -0.965. The van der Waals surface area contributed by atoms with E-state index >= 15 is 4.39 Å². The molecule has 0 spiro atoms. The van der Waals surface area contributed by atoms with Crippen LogP contribution in [0.15, 0.2) is 23.0 Å². The minimum Gasteiger partial charge on any atom is -0.508 e. The normalized spacial score (nSPS) is 29.3. The van der Waals surface area contributed by atoms with E-state index in [1.165, 1.54) is 19.0 Å². The Morgan fingerprint density at radius 3 is 2.56 bits per heavy atom. The van der Waals surface area contributed by atoms with Crippen LogP contribution in [0.1, 0.15) is 23.1 Å². The lowest BCUT2D eigenvalue weighted by Gasteiger charge is -2.50. The highest BCUT2D eigenvalue weighted by atomic mass is 19.1. The first-order valence-electron chi connectivity index (χ1n) is 12.5. The second kappa shape index (κ2) is 9.14. The molecule has 208 valence electrons. The van der Waals surface area contributed by atoms with E-state index in [1.54, 1.807) is 4.90 Å². The van der Waals surface area contributed by atoms with Gasteiger partial charge in [-0.05, 0) is 38.9 Å². The number of amides is 2. The number of hydrogen-bond donors (Lipinski definition) is 6. The van der Waals surface area contributed by atoms with Gasteiger partial charge in [-0.1, -0.05) is 0 Å². The second-order valence-corrected chi connectivity index (χ2v) is 10.7. The fourth-order valence-corrected chi connectivity index (χ4v) is 6.53. The van der Waals surface area contributed by atoms with Crippen molar-refractivity contribution < 1.29 is 44.0 Å². The van der Waals surface area contributed by atoms with E-state index in [1.807, 2.05) is 0 Å². The molecule has 1 aromatic rings. The molecule has 0 bridgehead atoms. The summed E-state index contributed by atoms with van der Waals surface area (Å²) in [5.74, 6) is -8.84. The van der Waals surface area contributed by atoms with Gasteiger partial charge in [-0.15, -0.1) is 0 Å². The van der Waals surface area contributed by atoms with Crippen LogP contribution in [0.2, 0.25) is 0 Å². The van der Waals surface area contributed by atoms with Crippen molar-refractivity contribution in [2.45, 2.75) is 31.0 Å². The summed E-state index contributed by atoms with van der Waals surface area (Å²) in [5, 5.41) is 47.1. The number of fused-ring (bicyclic) bond motifs is 3. The fourth-order valence-electron chi connectivity index (χ4n) is 6.53. The number of piperazine rings is 1. The van der Waals surface area contributed by atoms with E-state index in [9.17, 15) is 39.6 Å². The Bertz CT molecular complexity index is 1400. The third-order valence-electron chi connectivity index (χ3n) is 8.24. The Morgan fingerprint density at radius 1 is 1.26 bits per heavy atom. The lowest BCUT2D eigenvalue weighted by Crippen LogP contribution is -2.65. The lowest BCUT2D eigenvalue weighted by atomic mass is 9.57. The quantitative estimate of drug-likeness (QED) is 0.257. The molecule has 13 heteroatoms. The number of benzene rings is 1. The summed E-state index contributed by atoms with van der Waals surface area (Å²) < 4.78 is 15.8. The first kappa shape index (κ1) is 26.8.